The minimum absolute atomic E-state index is 0.0156. The molecule has 0 N–H and O–H groups in total. The van der Waals surface area contributed by atoms with Crippen molar-refractivity contribution in [2.24, 2.45) is 0 Å². The predicted molar refractivity (Wildman–Crippen MR) is 119 cm³/mol. The number of esters is 2. The van der Waals surface area contributed by atoms with Gasteiger partial charge in [0.2, 0.25) is 10.0 Å². The molecular formula is C23H25NO8S. The van der Waals surface area contributed by atoms with E-state index in [0.29, 0.717) is 18.8 Å². The molecule has 0 bridgehead atoms. The molecule has 9 nitrogen and oxygen atoms in total. The number of rotatable bonds is 8. The van der Waals surface area contributed by atoms with Gasteiger partial charge in [-0.05, 0) is 36.8 Å². The van der Waals surface area contributed by atoms with Gasteiger partial charge in [-0.1, -0.05) is 12.1 Å². The molecule has 0 amide bonds. The molecule has 0 aromatic heterocycles. The van der Waals surface area contributed by atoms with Gasteiger partial charge in [-0.2, -0.15) is 4.31 Å². The summed E-state index contributed by atoms with van der Waals surface area (Å²) in [5.74, 6) is -1.09. The van der Waals surface area contributed by atoms with Gasteiger partial charge in [0.1, 0.15) is 0 Å². The Morgan fingerprint density at radius 1 is 1.09 bits per heavy atom. The zero-order valence-corrected chi connectivity index (χ0v) is 19.2. The van der Waals surface area contributed by atoms with Crippen LogP contribution < -0.4 is 9.47 Å². The van der Waals surface area contributed by atoms with Gasteiger partial charge in [-0.3, -0.25) is 0 Å². The highest BCUT2D eigenvalue weighted by Crippen LogP contribution is 2.34. The lowest BCUT2D eigenvalue weighted by molar-refractivity contribution is 0.0600. The van der Waals surface area contributed by atoms with Crippen LogP contribution in [0.3, 0.4) is 0 Å². The molecule has 1 aliphatic heterocycles. The number of allylic oxidation sites excluding steroid dienone is 1. The first kappa shape index (κ1) is 24.4. The Labute approximate surface area is 192 Å². The summed E-state index contributed by atoms with van der Waals surface area (Å²) in [6.07, 6.45) is 1.87. The van der Waals surface area contributed by atoms with Gasteiger partial charge in [0, 0.05) is 18.7 Å². The second-order valence-electron chi connectivity index (χ2n) is 7.08. The highest BCUT2D eigenvalue weighted by Gasteiger charge is 2.27. The molecule has 0 aliphatic carbocycles. The Bertz CT molecular complexity index is 1150. The maximum Gasteiger partial charge on any atom is 0.343 e. The topological polar surface area (TPSA) is 108 Å². The summed E-state index contributed by atoms with van der Waals surface area (Å²) >= 11 is 0. The number of methoxy groups -OCH3 is 2. The molecule has 0 radical (unpaired) electrons. The van der Waals surface area contributed by atoms with Gasteiger partial charge in [0.15, 0.2) is 11.5 Å². The molecule has 1 aliphatic rings. The van der Waals surface area contributed by atoms with E-state index in [1.54, 1.807) is 6.08 Å². The number of hydrogen-bond acceptors (Lipinski definition) is 8. The lowest BCUT2D eigenvalue weighted by atomic mass is 10.1. The van der Waals surface area contributed by atoms with Crippen LogP contribution in [-0.4, -0.2) is 65.2 Å². The average Bonchev–Trinajstić information content (AvgIpc) is 2.85. The molecule has 176 valence electrons. The zero-order chi connectivity index (χ0) is 24.0. The van der Waals surface area contributed by atoms with Crippen LogP contribution in [0.2, 0.25) is 0 Å². The summed E-state index contributed by atoms with van der Waals surface area (Å²) < 4.78 is 48.1. The molecular weight excluding hydrogens is 450 g/mol. The van der Waals surface area contributed by atoms with E-state index in [9.17, 15) is 18.0 Å². The summed E-state index contributed by atoms with van der Waals surface area (Å²) in [4.78, 5) is 24.9. The van der Waals surface area contributed by atoms with E-state index >= 15 is 0 Å². The molecule has 2 aromatic carbocycles. The van der Waals surface area contributed by atoms with Crippen LogP contribution in [0.4, 0.5) is 0 Å². The Morgan fingerprint density at radius 2 is 1.82 bits per heavy atom. The lowest BCUT2D eigenvalue weighted by Crippen LogP contribution is -2.40. The fourth-order valence-corrected chi connectivity index (χ4v) is 4.80. The van der Waals surface area contributed by atoms with Gasteiger partial charge in [0.05, 0.1) is 43.5 Å². The lowest BCUT2D eigenvalue weighted by Gasteiger charge is -2.26. The quantitative estimate of drug-likeness (QED) is 0.325. The second kappa shape index (κ2) is 10.6. The summed E-state index contributed by atoms with van der Waals surface area (Å²) in [5.41, 5.74) is 0.757. The van der Waals surface area contributed by atoms with Crippen LogP contribution >= 0.6 is 0 Å². The van der Waals surface area contributed by atoms with E-state index in [2.05, 4.69) is 6.58 Å². The van der Waals surface area contributed by atoms with Crippen molar-refractivity contribution in [3.63, 3.8) is 0 Å². The largest absolute Gasteiger partial charge is 0.493 e. The van der Waals surface area contributed by atoms with Crippen LogP contribution in [0.15, 0.2) is 53.9 Å². The van der Waals surface area contributed by atoms with Crippen molar-refractivity contribution in [2.45, 2.75) is 11.3 Å². The summed E-state index contributed by atoms with van der Waals surface area (Å²) in [6.45, 7) is 4.80. The predicted octanol–water partition coefficient (Wildman–Crippen LogP) is 2.45. The van der Waals surface area contributed by atoms with Crippen molar-refractivity contribution in [1.82, 2.24) is 4.31 Å². The van der Waals surface area contributed by atoms with E-state index in [0.717, 1.165) is 0 Å². The van der Waals surface area contributed by atoms with Crippen molar-refractivity contribution in [3.05, 3.63) is 65.7 Å². The number of nitrogens with zero attached hydrogens (tertiary/aromatic N) is 1. The SMILES string of the molecule is C=CCc1cc(C(=O)OC)cc(OC)c1OC(=O)c1cccc(S(=O)(=O)N2CCOCC2)c1. The normalized spacial score (nSPS) is 14.4. The minimum atomic E-state index is -3.78. The summed E-state index contributed by atoms with van der Waals surface area (Å²) in [5, 5.41) is 0. The first-order valence-electron chi connectivity index (χ1n) is 10.1. The molecule has 10 heteroatoms. The fourth-order valence-electron chi connectivity index (χ4n) is 3.34. The molecule has 0 saturated carbocycles. The van der Waals surface area contributed by atoms with E-state index in [4.69, 9.17) is 18.9 Å². The molecule has 1 heterocycles. The molecule has 2 aromatic rings. The highest BCUT2D eigenvalue weighted by molar-refractivity contribution is 7.89. The number of hydrogen-bond donors (Lipinski definition) is 0. The third kappa shape index (κ3) is 5.41. The Balaban J connectivity index is 1.93. The third-order valence-corrected chi connectivity index (χ3v) is 6.90. The van der Waals surface area contributed by atoms with Crippen LogP contribution in [-0.2, 0) is 25.9 Å². The van der Waals surface area contributed by atoms with Crippen molar-refractivity contribution in [3.8, 4) is 11.5 Å². The van der Waals surface area contributed by atoms with Crippen LogP contribution in [0, 0.1) is 0 Å². The van der Waals surface area contributed by atoms with Gasteiger partial charge >= 0.3 is 11.9 Å². The third-order valence-electron chi connectivity index (χ3n) is 5.01. The smallest absolute Gasteiger partial charge is 0.343 e. The number of carbonyl (C=O) groups excluding carboxylic acids is 2. The van der Waals surface area contributed by atoms with Crippen molar-refractivity contribution in [2.75, 3.05) is 40.5 Å². The number of carbonyl (C=O) groups is 2. The van der Waals surface area contributed by atoms with E-state index in [-0.39, 0.29) is 47.0 Å². The molecule has 0 atom stereocenters. The molecule has 1 fully saturated rings. The van der Waals surface area contributed by atoms with Gasteiger partial charge in [-0.15, -0.1) is 6.58 Å². The zero-order valence-electron chi connectivity index (χ0n) is 18.4. The number of morpholine rings is 1. The molecule has 33 heavy (non-hydrogen) atoms. The Hall–Kier alpha value is -3.21. The van der Waals surface area contributed by atoms with Crippen molar-refractivity contribution >= 4 is 22.0 Å². The Morgan fingerprint density at radius 3 is 2.45 bits per heavy atom. The van der Waals surface area contributed by atoms with E-state index in [1.807, 2.05) is 0 Å². The second-order valence-corrected chi connectivity index (χ2v) is 9.02. The van der Waals surface area contributed by atoms with Gasteiger partial charge < -0.3 is 18.9 Å². The van der Waals surface area contributed by atoms with E-state index < -0.39 is 22.0 Å². The monoisotopic (exact) mass is 475 g/mol. The van der Waals surface area contributed by atoms with Gasteiger partial charge in [-0.25, -0.2) is 18.0 Å². The van der Waals surface area contributed by atoms with Crippen LogP contribution in [0.1, 0.15) is 26.3 Å². The first-order valence-corrected chi connectivity index (χ1v) is 11.6. The first-order chi connectivity index (χ1) is 15.8. The molecule has 0 unspecified atom stereocenters. The highest BCUT2D eigenvalue weighted by atomic mass is 32.2. The maximum absolute atomic E-state index is 12.9. The molecule has 0 spiro atoms. The number of sulfonamides is 1. The van der Waals surface area contributed by atoms with Crippen molar-refractivity contribution in [1.29, 1.82) is 0 Å². The number of ether oxygens (including phenoxy) is 4. The fraction of sp³-hybridized carbons (Fsp3) is 0.304. The number of benzene rings is 2. The van der Waals surface area contributed by atoms with Gasteiger partial charge in [0.25, 0.3) is 0 Å². The molecule has 3 rings (SSSR count). The summed E-state index contributed by atoms with van der Waals surface area (Å²) in [6, 6.07) is 8.57. The average molecular weight is 476 g/mol. The van der Waals surface area contributed by atoms with E-state index in [1.165, 1.54) is 54.9 Å². The van der Waals surface area contributed by atoms with Crippen LogP contribution in [0.25, 0.3) is 0 Å². The Kier molecular flexibility index (Phi) is 7.85. The van der Waals surface area contributed by atoms with Crippen LogP contribution in [0.5, 0.6) is 11.5 Å². The van der Waals surface area contributed by atoms with Crippen molar-refractivity contribution < 1.29 is 37.0 Å². The minimum Gasteiger partial charge on any atom is -0.493 e. The standard InChI is InChI=1S/C23H25NO8S/c1-4-6-16-13-18(22(25)30-3)15-20(29-2)21(16)32-23(26)17-7-5-8-19(14-17)33(27,28)24-9-11-31-12-10-24/h4-5,7-8,13-15H,1,6,9-12H2,2-3H3. The summed E-state index contributed by atoms with van der Waals surface area (Å²) in [7, 11) is -1.15. The molecule has 1 saturated heterocycles. The maximum atomic E-state index is 12.9.